The van der Waals surface area contributed by atoms with E-state index in [4.69, 9.17) is 5.11 Å². The number of allylic oxidation sites excluding steroid dienone is 4. The van der Waals surface area contributed by atoms with Crippen molar-refractivity contribution in [2.75, 3.05) is 6.61 Å². The van der Waals surface area contributed by atoms with Gasteiger partial charge in [0.05, 0.1) is 11.7 Å². The zero-order valence-electron chi connectivity index (χ0n) is 21.4. The fraction of sp³-hybridized carbons (Fsp3) is 0.552. The van der Waals surface area contributed by atoms with Gasteiger partial charge < -0.3 is 20.4 Å². The van der Waals surface area contributed by atoms with Crippen LogP contribution in [0.4, 0.5) is 4.39 Å². The predicted molar refractivity (Wildman–Crippen MR) is 133 cm³/mol. The number of carbonyl (C=O) groups is 3. The first kappa shape index (κ1) is 27.4. The monoisotopic (exact) mass is 514 g/mol. The number of carbonyl (C=O) groups excluding carboxylic acids is 2. The number of Topliss-reactive ketones (excluding diaryl/α,β-unsaturated/α-hetero) is 1. The van der Waals surface area contributed by atoms with Crippen molar-refractivity contribution in [3.63, 3.8) is 0 Å². The van der Waals surface area contributed by atoms with Gasteiger partial charge in [-0.15, -0.1) is 0 Å². The number of rotatable bonds is 3. The lowest BCUT2D eigenvalue weighted by atomic mass is 9.44. The Labute approximate surface area is 215 Å². The van der Waals surface area contributed by atoms with E-state index in [1.165, 1.54) is 12.2 Å². The minimum atomic E-state index is -1.98. The normalized spacial score (nSPS) is 41.9. The molecule has 0 aliphatic heterocycles. The Hall–Kier alpha value is -2.68. The molecule has 0 unspecified atom stereocenters. The Balaban J connectivity index is 0.000000301. The first-order valence-corrected chi connectivity index (χ1v) is 12.7. The molecule has 37 heavy (non-hydrogen) atoms. The molecule has 4 N–H and O–H groups in total. The van der Waals surface area contributed by atoms with Gasteiger partial charge in [-0.1, -0.05) is 43.7 Å². The van der Waals surface area contributed by atoms with Crippen LogP contribution in [0.25, 0.3) is 0 Å². The molecule has 1 aromatic carbocycles. The van der Waals surface area contributed by atoms with Gasteiger partial charge >= 0.3 is 5.97 Å². The van der Waals surface area contributed by atoms with Crippen LogP contribution < -0.4 is 0 Å². The molecule has 8 heteroatoms. The standard InChI is InChI=1S/C22H29FO5.C7H6O2/c1-12-8-16-15-5-4-13-9-14(25)6-7-19(13,2)21(15,23)17(26)10-20(16,3)22(12,28)18(27)11-24;8-7(9)6-4-2-1-3-5-6/h6-7,9,12,15-17,24,26,28H,4-5,8,10-11H2,1-3H3;1-5H,(H,8,9)/t12-,15-,16-,17-,19-,20-,21-,22-;/m0./s1. The van der Waals surface area contributed by atoms with E-state index in [1.54, 1.807) is 57.2 Å². The molecule has 5 rings (SSSR count). The maximum atomic E-state index is 16.9. The predicted octanol–water partition coefficient (Wildman–Crippen LogP) is 3.28. The number of hydrogen-bond donors (Lipinski definition) is 4. The lowest BCUT2D eigenvalue weighted by Gasteiger charge is -2.62. The molecule has 0 aromatic heterocycles. The van der Waals surface area contributed by atoms with Crippen LogP contribution in [0.5, 0.6) is 0 Å². The summed E-state index contributed by atoms with van der Waals surface area (Å²) in [7, 11) is 0. The van der Waals surface area contributed by atoms with Crippen LogP contribution in [0.3, 0.4) is 0 Å². The van der Waals surface area contributed by atoms with E-state index in [-0.39, 0.29) is 18.1 Å². The number of fused-ring (bicyclic) bond motifs is 5. The zero-order chi connectivity index (χ0) is 27.4. The first-order valence-electron chi connectivity index (χ1n) is 12.7. The second-order valence-electron chi connectivity index (χ2n) is 11.4. The molecule has 0 saturated heterocycles. The number of aliphatic hydroxyl groups is 3. The minimum Gasteiger partial charge on any atom is -0.478 e. The Bertz CT molecular complexity index is 1160. The number of carboxylic acid groups (broad SMARTS) is 1. The molecule has 3 fully saturated rings. The second-order valence-corrected chi connectivity index (χ2v) is 11.4. The quantitative estimate of drug-likeness (QED) is 0.487. The Morgan fingerprint density at radius 1 is 1.14 bits per heavy atom. The first-order chi connectivity index (χ1) is 17.3. The summed E-state index contributed by atoms with van der Waals surface area (Å²) < 4.78 is 16.9. The van der Waals surface area contributed by atoms with Crippen molar-refractivity contribution in [3.8, 4) is 0 Å². The van der Waals surface area contributed by atoms with Gasteiger partial charge in [0.1, 0.15) is 12.2 Å². The van der Waals surface area contributed by atoms with Gasteiger partial charge in [-0.25, -0.2) is 9.18 Å². The van der Waals surface area contributed by atoms with E-state index >= 15 is 4.39 Å². The molecular formula is C29H35FO7. The maximum Gasteiger partial charge on any atom is 0.335 e. The topological polar surface area (TPSA) is 132 Å². The highest BCUT2D eigenvalue weighted by Crippen LogP contribution is 2.70. The van der Waals surface area contributed by atoms with Crippen LogP contribution in [0.1, 0.15) is 56.8 Å². The summed E-state index contributed by atoms with van der Waals surface area (Å²) in [6, 6.07) is 8.30. The van der Waals surface area contributed by atoms with Gasteiger partial charge in [-0.2, -0.15) is 0 Å². The molecule has 0 radical (unpaired) electrons. The molecule has 4 aliphatic carbocycles. The van der Waals surface area contributed by atoms with Crippen LogP contribution in [-0.4, -0.2) is 61.9 Å². The molecule has 7 nitrogen and oxygen atoms in total. The van der Waals surface area contributed by atoms with Crippen molar-refractivity contribution in [3.05, 3.63) is 59.7 Å². The van der Waals surface area contributed by atoms with E-state index in [2.05, 4.69) is 0 Å². The van der Waals surface area contributed by atoms with Crippen molar-refractivity contribution in [1.29, 1.82) is 0 Å². The highest BCUT2D eigenvalue weighted by atomic mass is 19.1. The van der Waals surface area contributed by atoms with Crippen molar-refractivity contribution in [1.82, 2.24) is 0 Å². The van der Waals surface area contributed by atoms with Gasteiger partial charge in [0.25, 0.3) is 0 Å². The number of halogens is 1. The average molecular weight is 515 g/mol. The van der Waals surface area contributed by atoms with Gasteiger partial charge in [0.2, 0.25) is 0 Å². The van der Waals surface area contributed by atoms with E-state index in [0.717, 1.165) is 0 Å². The van der Waals surface area contributed by atoms with Crippen molar-refractivity contribution in [2.24, 2.45) is 28.6 Å². The van der Waals surface area contributed by atoms with E-state index in [9.17, 15) is 29.7 Å². The summed E-state index contributed by atoms with van der Waals surface area (Å²) in [5.74, 6) is -3.00. The molecule has 0 spiro atoms. The zero-order valence-corrected chi connectivity index (χ0v) is 21.4. The fourth-order valence-electron chi connectivity index (χ4n) is 7.84. The molecule has 1 aromatic rings. The van der Waals surface area contributed by atoms with Crippen molar-refractivity contribution in [2.45, 2.75) is 63.8 Å². The number of ketones is 2. The molecule has 200 valence electrons. The number of carboxylic acids is 1. The third-order valence-corrected chi connectivity index (χ3v) is 9.81. The summed E-state index contributed by atoms with van der Waals surface area (Å²) >= 11 is 0. The van der Waals surface area contributed by atoms with E-state index in [0.29, 0.717) is 30.4 Å². The lowest BCUT2D eigenvalue weighted by Crippen LogP contribution is -2.69. The summed E-state index contributed by atoms with van der Waals surface area (Å²) in [5, 5.41) is 40.3. The molecule has 0 bridgehead atoms. The highest BCUT2D eigenvalue weighted by molar-refractivity contribution is 6.01. The van der Waals surface area contributed by atoms with E-state index in [1.807, 2.05) is 0 Å². The lowest BCUT2D eigenvalue weighted by molar-refractivity contribution is -0.219. The van der Waals surface area contributed by atoms with Crippen LogP contribution in [-0.2, 0) is 9.59 Å². The second kappa shape index (κ2) is 9.26. The van der Waals surface area contributed by atoms with Gasteiger partial charge in [-0.05, 0) is 68.7 Å². The number of aromatic carboxylic acids is 1. The minimum absolute atomic E-state index is 0.0676. The van der Waals surface area contributed by atoms with Crippen LogP contribution in [0.15, 0.2) is 54.1 Å². The third kappa shape index (κ3) is 3.75. The highest BCUT2D eigenvalue weighted by Gasteiger charge is 2.75. The van der Waals surface area contributed by atoms with Crippen molar-refractivity contribution >= 4 is 17.5 Å². The summed E-state index contributed by atoms with van der Waals surface area (Å²) in [6.07, 6.45) is 4.44. The Morgan fingerprint density at radius 3 is 2.35 bits per heavy atom. The molecular weight excluding hydrogens is 479 g/mol. The van der Waals surface area contributed by atoms with Crippen LogP contribution >= 0.6 is 0 Å². The fourth-order valence-corrected chi connectivity index (χ4v) is 7.84. The van der Waals surface area contributed by atoms with Gasteiger partial charge in [-0.3, -0.25) is 9.59 Å². The molecule has 3 saturated carbocycles. The molecule has 0 heterocycles. The van der Waals surface area contributed by atoms with Crippen LogP contribution in [0.2, 0.25) is 0 Å². The number of aliphatic hydroxyl groups excluding tert-OH is 2. The molecule has 0 amide bonds. The Morgan fingerprint density at radius 2 is 1.78 bits per heavy atom. The van der Waals surface area contributed by atoms with Gasteiger partial charge in [0.15, 0.2) is 17.2 Å². The third-order valence-electron chi connectivity index (χ3n) is 9.81. The van der Waals surface area contributed by atoms with Gasteiger partial charge in [0, 0.05) is 16.7 Å². The van der Waals surface area contributed by atoms with Crippen molar-refractivity contribution < 1.29 is 39.2 Å². The number of benzene rings is 1. The Kier molecular flexibility index (Phi) is 6.84. The summed E-state index contributed by atoms with van der Waals surface area (Å²) in [6.45, 7) is 4.48. The number of alkyl halides is 1. The summed E-state index contributed by atoms with van der Waals surface area (Å²) in [5.41, 5.74) is -4.84. The van der Waals surface area contributed by atoms with Crippen LogP contribution in [0, 0.1) is 28.6 Å². The smallest absolute Gasteiger partial charge is 0.335 e. The van der Waals surface area contributed by atoms with E-state index < -0.39 is 58.4 Å². The molecule has 4 aliphatic rings. The summed E-state index contributed by atoms with van der Waals surface area (Å²) in [4.78, 5) is 34.6. The maximum absolute atomic E-state index is 16.9. The molecule has 8 atom stereocenters. The number of hydrogen-bond acceptors (Lipinski definition) is 6. The largest absolute Gasteiger partial charge is 0.478 e. The SMILES string of the molecule is C[C@H]1C[C@H]2[C@@H]3CCC4=CC(=O)C=C[C@]4(C)[C@@]3(F)[C@@H](O)C[C@]2(C)[C@@]1(O)C(=O)CO.O=C(O)c1ccccc1. The average Bonchev–Trinajstić information content (AvgIpc) is 3.07.